The summed E-state index contributed by atoms with van der Waals surface area (Å²) >= 11 is 0. The Labute approximate surface area is 161 Å². The minimum Gasteiger partial charge on any atom is -0.408 e. The number of H-pyrrole nitrogens is 1. The molecule has 2 aromatic carbocycles. The lowest BCUT2D eigenvalue weighted by Crippen LogP contribution is -2.47. The van der Waals surface area contributed by atoms with E-state index in [1.165, 1.54) is 5.56 Å². The van der Waals surface area contributed by atoms with Crippen molar-refractivity contribution in [1.29, 1.82) is 0 Å². The van der Waals surface area contributed by atoms with Gasteiger partial charge in [0.15, 0.2) is 5.58 Å². The highest BCUT2D eigenvalue weighted by molar-refractivity contribution is 5.89. The normalized spacial score (nSPS) is 15.5. The Morgan fingerprint density at radius 1 is 1.04 bits per heavy atom. The van der Waals surface area contributed by atoms with Gasteiger partial charge in [0.2, 0.25) is 0 Å². The number of hydrogen-bond acceptors (Lipinski definition) is 6. The molecule has 3 heterocycles. The first-order valence-electron chi connectivity index (χ1n) is 9.55. The zero-order chi connectivity index (χ0) is 18.9. The lowest BCUT2D eigenvalue weighted by atomic mass is 10.1. The summed E-state index contributed by atoms with van der Waals surface area (Å²) in [5.74, 6) is 0.624. The zero-order valence-electron chi connectivity index (χ0n) is 15.5. The molecule has 0 bridgehead atoms. The first kappa shape index (κ1) is 16.9. The van der Waals surface area contributed by atoms with Crippen molar-refractivity contribution in [3.63, 3.8) is 0 Å². The van der Waals surface area contributed by atoms with Crippen molar-refractivity contribution in [3.05, 3.63) is 64.9 Å². The van der Waals surface area contributed by atoms with E-state index in [1.54, 1.807) is 6.33 Å². The van der Waals surface area contributed by atoms with Gasteiger partial charge >= 0.3 is 5.76 Å². The number of aromatic amines is 1. The average Bonchev–Trinajstić information content (AvgIpc) is 3.11. The van der Waals surface area contributed by atoms with E-state index < -0.39 is 5.76 Å². The largest absolute Gasteiger partial charge is 0.417 e. The van der Waals surface area contributed by atoms with E-state index in [9.17, 15) is 4.79 Å². The quantitative estimate of drug-likeness (QED) is 0.590. The molecule has 0 unspecified atom stereocenters. The molecular weight excluding hydrogens is 354 g/mol. The van der Waals surface area contributed by atoms with Crippen LogP contribution in [-0.2, 0) is 6.42 Å². The van der Waals surface area contributed by atoms with Crippen LogP contribution < -0.4 is 10.7 Å². The predicted octanol–water partition coefficient (Wildman–Crippen LogP) is 2.43. The lowest BCUT2D eigenvalue weighted by molar-refractivity contribution is 0.260. The van der Waals surface area contributed by atoms with Gasteiger partial charge in [-0.25, -0.2) is 14.8 Å². The second kappa shape index (κ2) is 7.09. The highest BCUT2D eigenvalue weighted by Crippen LogP contribution is 2.23. The number of para-hydroxylation sites is 1. The van der Waals surface area contributed by atoms with Crippen LogP contribution >= 0.6 is 0 Å². The van der Waals surface area contributed by atoms with Gasteiger partial charge in [0.1, 0.15) is 12.1 Å². The van der Waals surface area contributed by atoms with Crippen molar-refractivity contribution >= 4 is 27.8 Å². The van der Waals surface area contributed by atoms with Crippen LogP contribution in [0.25, 0.3) is 22.0 Å². The van der Waals surface area contributed by atoms with Gasteiger partial charge in [-0.2, -0.15) is 0 Å². The van der Waals surface area contributed by atoms with Crippen molar-refractivity contribution in [2.75, 3.05) is 37.6 Å². The zero-order valence-corrected chi connectivity index (χ0v) is 15.5. The molecule has 142 valence electrons. The molecule has 1 aliphatic rings. The van der Waals surface area contributed by atoms with Gasteiger partial charge in [0.05, 0.1) is 11.0 Å². The fourth-order valence-electron chi connectivity index (χ4n) is 3.86. The molecule has 1 saturated heterocycles. The van der Waals surface area contributed by atoms with Crippen molar-refractivity contribution in [1.82, 2.24) is 19.9 Å². The smallest absolute Gasteiger partial charge is 0.408 e. The third-order valence-corrected chi connectivity index (χ3v) is 5.40. The molecule has 0 saturated carbocycles. The third-order valence-electron chi connectivity index (χ3n) is 5.40. The molecule has 0 spiro atoms. The molecule has 0 amide bonds. The summed E-state index contributed by atoms with van der Waals surface area (Å²) in [7, 11) is 0. The summed E-state index contributed by atoms with van der Waals surface area (Å²) in [6.07, 6.45) is 2.58. The van der Waals surface area contributed by atoms with Crippen molar-refractivity contribution in [2.45, 2.75) is 6.42 Å². The number of piperazine rings is 1. The van der Waals surface area contributed by atoms with Gasteiger partial charge < -0.3 is 9.32 Å². The minimum atomic E-state index is -0.402. The van der Waals surface area contributed by atoms with Crippen LogP contribution in [0.1, 0.15) is 5.56 Å². The number of nitrogens with one attached hydrogen (secondary N) is 1. The Morgan fingerprint density at radius 3 is 2.79 bits per heavy atom. The summed E-state index contributed by atoms with van der Waals surface area (Å²) in [6, 6.07) is 14.1. The van der Waals surface area contributed by atoms with Crippen LogP contribution in [0.15, 0.2) is 58.0 Å². The fraction of sp³-hybridized carbons (Fsp3) is 0.286. The van der Waals surface area contributed by atoms with Gasteiger partial charge in [0, 0.05) is 38.1 Å². The van der Waals surface area contributed by atoms with Crippen LogP contribution in [0.4, 0.5) is 5.82 Å². The second-order valence-electron chi connectivity index (χ2n) is 7.14. The summed E-state index contributed by atoms with van der Waals surface area (Å²) in [6.45, 7) is 4.89. The highest BCUT2D eigenvalue weighted by Gasteiger charge is 2.19. The molecule has 2 aromatic heterocycles. The van der Waals surface area contributed by atoms with Gasteiger partial charge in [-0.3, -0.25) is 9.88 Å². The van der Waals surface area contributed by atoms with E-state index in [2.05, 4.69) is 36.9 Å². The number of fused-ring (bicyclic) bond motifs is 2. The monoisotopic (exact) mass is 375 g/mol. The minimum absolute atomic E-state index is 0.402. The Morgan fingerprint density at radius 2 is 1.89 bits per heavy atom. The molecule has 1 N–H and O–H groups in total. The van der Waals surface area contributed by atoms with Gasteiger partial charge in [-0.1, -0.05) is 18.2 Å². The number of hydrogen-bond donors (Lipinski definition) is 1. The first-order chi connectivity index (χ1) is 13.8. The van der Waals surface area contributed by atoms with Gasteiger partial charge in [0.25, 0.3) is 0 Å². The Balaban J connectivity index is 1.22. The third kappa shape index (κ3) is 3.25. The number of aromatic nitrogens is 3. The Hall–Kier alpha value is -3.19. The maximum Gasteiger partial charge on any atom is 0.417 e. The van der Waals surface area contributed by atoms with Crippen LogP contribution in [0.2, 0.25) is 0 Å². The van der Waals surface area contributed by atoms with E-state index >= 15 is 0 Å². The van der Waals surface area contributed by atoms with Gasteiger partial charge in [-0.05, 0) is 36.2 Å². The molecule has 7 nitrogen and oxygen atoms in total. The number of anilines is 1. The molecule has 4 aromatic rings. The SMILES string of the molecule is O=c1[nH]c2ccc(CCN3CCN(c4ncnc5ccccc45)CC3)cc2o1. The Kier molecular flexibility index (Phi) is 4.29. The van der Waals surface area contributed by atoms with Gasteiger partial charge in [-0.15, -0.1) is 0 Å². The maximum absolute atomic E-state index is 11.3. The number of nitrogens with zero attached hydrogens (tertiary/aromatic N) is 4. The molecule has 0 aliphatic carbocycles. The molecule has 1 fully saturated rings. The lowest BCUT2D eigenvalue weighted by Gasteiger charge is -2.35. The molecule has 1 aliphatic heterocycles. The van der Waals surface area contributed by atoms with Crippen LogP contribution in [-0.4, -0.2) is 52.6 Å². The van der Waals surface area contributed by atoms with Crippen molar-refractivity contribution < 1.29 is 4.42 Å². The fourth-order valence-corrected chi connectivity index (χ4v) is 3.86. The standard InChI is InChI=1S/C21H21N5O2/c27-21-24-18-6-5-15(13-19(18)28-21)7-8-25-9-11-26(12-10-25)20-16-3-1-2-4-17(16)22-14-23-20/h1-6,13-14H,7-12H2,(H,24,27). The summed E-state index contributed by atoms with van der Waals surface area (Å²) in [4.78, 5) is 27.7. The summed E-state index contributed by atoms with van der Waals surface area (Å²) < 4.78 is 5.16. The van der Waals surface area contributed by atoms with Crippen LogP contribution in [0.5, 0.6) is 0 Å². The maximum atomic E-state index is 11.3. The molecular formula is C21H21N5O2. The number of oxazole rings is 1. The topological polar surface area (TPSA) is 78.3 Å². The van der Waals surface area contributed by atoms with E-state index in [0.29, 0.717) is 5.58 Å². The van der Waals surface area contributed by atoms with E-state index in [1.807, 2.05) is 30.3 Å². The molecule has 7 heteroatoms. The average molecular weight is 375 g/mol. The molecule has 0 atom stereocenters. The number of rotatable bonds is 4. The van der Waals surface area contributed by atoms with Crippen molar-refractivity contribution in [3.8, 4) is 0 Å². The molecule has 5 rings (SSSR count). The van der Waals surface area contributed by atoms with E-state index in [4.69, 9.17) is 4.42 Å². The summed E-state index contributed by atoms with van der Waals surface area (Å²) in [5, 5.41) is 1.11. The predicted molar refractivity (Wildman–Crippen MR) is 109 cm³/mol. The van der Waals surface area contributed by atoms with Crippen LogP contribution in [0.3, 0.4) is 0 Å². The first-order valence-corrected chi connectivity index (χ1v) is 9.55. The number of benzene rings is 2. The van der Waals surface area contributed by atoms with E-state index in [-0.39, 0.29) is 0 Å². The van der Waals surface area contributed by atoms with Crippen molar-refractivity contribution in [2.24, 2.45) is 0 Å². The van der Waals surface area contributed by atoms with Crippen LogP contribution in [0, 0.1) is 0 Å². The Bertz CT molecular complexity index is 1170. The van der Waals surface area contributed by atoms with E-state index in [0.717, 1.165) is 61.4 Å². The molecule has 0 radical (unpaired) electrons. The second-order valence-corrected chi connectivity index (χ2v) is 7.14. The highest BCUT2D eigenvalue weighted by atomic mass is 16.4. The molecule has 28 heavy (non-hydrogen) atoms. The summed E-state index contributed by atoms with van der Waals surface area (Å²) in [5.41, 5.74) is 3.55.